The van der Waals surface area contributed by atoms with Gasteiger partial charge in [0.05, 0.1) is 11.3 Å². The van der Waals surface area contributed by atoms with Gasteiger partial charge in [-0.3, -0.25) is 4.79 Å². The van der Waals surface area contributed by atoms with Gasteiger partial charge in [0.2, 0.25) is 0 Å². The lowest BCUT2D eigenvalue weighted by Crippen LogP contribution is -2.25. The molecule has 0 saturated heterocycles. The predicted molar refractivity (Wildman–Crippen MR) is 75.3 cm³/mol. The second-order valence-corrected chi connectivity index (χ2v) is 5.15. The Kier molecular flexibility index (Phi) is 6.62. The van der Waals surface area contributed by atoms with Crippen LogP contribution in [0.5, 0.6) is 0 Å². The van der Waals surface area contributed by atoms with E-state index in [1.165, 1.54) is 0 Å². The Morgan fingerprint density at radius 1 is 1.26 bits per heavy atom. The van der Waals surface area contributed by atoms with Crippen molar-refractivity contribution in [1.29, 1.82) is 0 Å². The molecule has 0 atom stereocenters. The van der Waals surface area contributed by atoms with Crippen molar-refractivity contribution in [2.45, 2.75) is 19.3 Å². The number of carbonyl (C=O) groups is 1. The summed E-state index contributed by atoms with van der Waals surface area (Å²) in [5.41, 5.74) is 4.86. The fourth-order valence-corrected chi connectivity index (χ4v) is 2.08. The van der Waals surface area contributed by atoms with Gasteiger partial charge < -0.3 is 11.1 Å². The summed E-state index contributed by atoms with van der Waals surface area (Å²) in [7, 11) is 0. The van der Waals surface area contributed by atoms with Gasteiger partial charge in [-0.15, -0.1) is 0 Å². The summed E-state index contributed by atoms with van der Waals surface area (Å²) in [4.78, 5) is 11.7. The lowest BCUT2D eigenvalue weighted by molar-refractivity contribution is 0.0949. The van der Waals surface area contributed by atoms with Crippen molar-refractivity contribution in [2.24, 2.45) is 0 Å². The smallest absolute Gasteiger partial charge is 0.254 e. The van der Waals surface area contributed by atoms with Gasteiger partial charge in [-0.25, -0.2) is 8.78 Å². The number of unbranched alkanes of at least 4 members (excludes halogenated alkanes) is 2. The van der Waals surface area contributed by atoms with Crippen LogP contribution in [0, 0.1) is 11.6 Å². The van der Waals surface area contributed by atoms with Crippen LogP contribution in [0.1, 0.15) is 29.6 Å². The zero-order valence-corrected chi connectivity index (χ0v) is 11.7. The molecular weight excluding hydrogens is 270 g/mol. The van der Waals surface area contributed by atoms with E-state index in [9.17, 15) is 13.6 Å². The largest absolute Gasteiger partial charge is 0.396 e. The first-order valence-electron chi connectivity index (χ1n) is 6.08. The molecule has 1 amide bonds. The van der Waals surface area contributed by atoms with Crippen LogP contribution in [-0.4, -0.2) is 24.5 Å². The molecule has 3 N–H and O–H groups in total. The maximum Gasteiger partial charge on any atom is 0.254 e. The third kappa shape index (κ3) is 5.06. The van der Waals surface area contributed by atoms with Gasteiger partial charge in [0, 0.05) is 12.6 Å². The van der Waals surface area contributed by atoms with E-state index >= 15 is 0 Å². The first kappa shape index (κ1) is 15.8. The second kappa shape index (κ2) is 7.99. The van der Waals surface area contributed by atoms with Crippen molar-refractivity contribution in [3.8, 4) is 0 Å². The molecule has 0 unspecified atom stereocenters. The zero-order valence-electron chi connectivity index (χ0n) is 10.8. The van der Waals surface area contributed by atoms with Crippen molar-refractivity contribution in [3.63, 3.8) is 0 Å². The van der Waals surface area contributed by atoms with Gasteiger partial charge in [-0.2, -0.15) is 11.8 Å². The van der Waals surface area contributed by atoms with Crippen LogP contribution < -0.4 is 11.1 Å². The quantitative estimate of drug-likeness (QED) is 0.599. The molecule has 0 aromatic heterocycles. The zero-order chi connectivity index (χ0) is 14.3. The Bertz CT molecular complexity index is 441. The van der Waals surface area contributed by atoms with E-state index in [2.05, 4.69) is 5.32 Å². The summed E-state index contributed by atoms with van der Waals surface area (Å²) in [6, 6.07) is 1.65. The van der Waals surface area contributed by atoms with Gasteiger partial charge in [0.25, 0.3) is 5.91 Å². The van der Waals surface area contributed by atoms with E-state index in [1.807, 2.05) is 6.26 Å². The Morgan fingerprint density at radius 2 is 2.00 bits per heavy atom. The molecule has 0 aliphatic heterocycles. The molecule has 19 heavy (non-hydrogen) atoms. The molecule has 0 spiro atoms. The highest BCUT2D eigenvalue weighted by molar-refractivity contribution is 7.98. The van der Waals surface area contributed by atoms with Crippen molar-refractivity contribution >= 4 is 23.4 Å². The molecule has 0 aliphatic carbocycles. The SMILES string of the molecule is CSCCCCCNC(=O)c1cc(N)c(F)cc1F. The number of anilines is 1. The number of halogens is 2. The number of nitrogen functional groups attached to an aromatic ring is 1. The minimum absolute atomic E-state index is 0.219. The van der Waals surface area contributed by atoms with Gasteiger partial charge in [-0.05, 0) is 30.9 Å². The monoisotopic (exact) mass is 288 g/mol. The van der Waals surface area contributed by atoms with Crippen LogP contribution in [0.25, 0.3) is 0 Å². The average Bonchev–Trinajstić information content (AvgIpc) is 2.37. The maximum absolute atomic E-state index is 13.4. The van der Waals surface area contributed by atoms with E-state index in [0.717, 1.165) is 31.1 Å². The van der Waals surface area contributed by atoms with E-state index < -0.39 is 17.5 Å². The fraction of sp³-hybridized carbons (Fsp3) is 0.462. The van der Waals surface area contributed by atoms with Crippen LogP contribution in [0.15, 0.2) is 12.1 Å². The van der Waals surface area contributed by atoms with Crippen molar-refractivity contribution in [1.82, 2.24) is 5.32 Å². The van der Waals surface area contributed by atoms with Crippen molar-refractivity contribution in [3.05, 3.63) is 29.3 Å². The van der Waals surface area contributed by atoms with Gasteiger partial charge in [0.15, 0.2) is 0 Å². The Labute approximate surface area is 115 Å². The van der Waals surface area contributed by atoms with Crippen LogP contribution >= 0.6 is 11.8 Å². The standard InChI is InChI=1S/C13H18F2N2OS/c1-19-6-4-2-3-5-17-13(18)9-7-12(16)11(15)8-10(9)14/h7-8H,2-6,16H2,1H3,(H,17,18). The summed E-state index contributed by atoms with van der Waals surface area (Å²) >= 11 is 1.78. The number of thioether (sulfide) groups is 1. The minimum Gasteiger partial charge on any atom is -0.396 e. The summed E-state index contributed by atoms with van der Waals surface area (Å²) < 4.78 is 26.3. The summed E-state index contributed by atoms with van der Waals surface area (Å²) in [6.07, 6.45) is 4.98. The number of hydrogen-bond donors (Lipinski definition) is 2. The summed E-state index contributed by atoms with van der Waals surface area (Å²) in [6.45, 7) is 0.476. The van der Waals surface area contributed by atoms with Crippen molar-refractivity contribution in [2.75, 3.05) is 24.3 Å². The number of carbonyl (C=O) groups excluding carboxylic acids is 1. The molecule has 1 aromatic rings. The molecule has 1 aromatic carbocycles. The number of nitrogens with two attached hydrogens (primary N) is 1. The fourth-order valence-electron chi connectivity index (χ4n) is 1.59. The summed E-state index contributed by atoms with van der Waals surface area (Å²) in [5, 5.41) is 2.60. The van der Waals surface area contributed by atoms with Gasteiger partial charge >= 0.3 is 0 Å². The molecule has 106 valence electrons. The molecular formula is C13H18F2N2OS. The van der Waals surface area contributed by atoms with E-state index in [1.54, 1.807) is 11.8 Å². The van der Waals surface area contributed by atoms with Crippen LogP contribution in [0.3, 0.4) is 0 Å². The highest BCUT2D eigenvalue weighted by atomic mass is 32.2. The van der Waals surface area contributed by atoms with Gasteiger partial charge in [-0.1, -0.05) is 6.42 Å². The number of nitrogens with one attached hydrogen (secondary N) is 1. The summed E-state index contributed by atoms with van der Waals surface area (Å²) in [5.74, 6) is -1.22. The van der Waals surface area contributed by atoms with Crippen LogP contribution in [-0.2, 0) is 0 Å². The first-order chi connectivity index (χ1) is 9.06. The van der Waals surface area contributed by atoms with E-state index in [0.29, 0.717) is 12.6 Å². The normalized spacial score (nSPS) is 10.5. The Balaban J connectivity index is 2.43. The average molecular weight is 288 g/mol. The minimum atomic E-state index is -0.897. The van der Waals surface area contributed by atoms with Crippen LogP contribution in [0.2, 0.25) is 0 Å². The molecule has 3 nitrogen and oxygen atoms in total. The lowest BCUT2D eigenvalue weighted by atomic mass is 10.1. The number of amides is 1. The first-order valence-corrected chi connectivity index (χ1v) is 7.47. The molecule has 0 fully saturated rings. The molecule has 0 radical (unpaired) electrons. The number of rotatable bonds is 7. The molecule has 0 saturated carbocycles. The lowest BCUT2D eigenvalue weighted by Gasteiger charge is -2.07. The number of hydrogen-bond acceptors (Lipinski definition) is 3. The molecule has 6 heteroatoms. The highest BCUT2D eigenvalue weighted by Gasteiger charge is 2.14. The van der Waals surface area contributed by atoms with Crippen molar-refractivity contribution < 1.29 is 13.6 Å². The van der Waals surface area contributed by atoms with E-state index in [-0.39, 0.29) is 11.3 Å². The molecule has 1 rings (SSSR count). The third-order valence-electron chi connectivity index (χ3n) is 2.64. The predicted octanol–water partition coefficient (Wildman–Crippen LogP) is 2.81. The second-order valence-electron chi connectivity index (χ2n) is 4.16. The highest BCUT2D eigenvalue weighted by Crippen LogP contribution is 2.16. The molecule has 0 bridgehead atoms. The Hall–Kier alpha value is -1.30. The van der Waals surface area contributed by atoms with Crippen LogP contribution in [0.4, 0.5) is 14.5 Å². The Morgan fingerprint density at radius 3 is 2.68 bits per heavy atom. The van der Waals surface area contributed by atoms with Gasteiger partial charge in [0.1, 0.15) is 11.6 Å². The molecule has 0 heterocycles. The number of benzene rings is 1. The topological polar surface area (TPSA) is 55.1 Å². The molecule has 0 aliphatic rings. The van der Waals surface area contributed by atoms with E-state index in [4.69, 9.17) is 5.73 Å². The maximum atomic E-state index is 13.4. The third-order valence-corrected chi connectivity index (χ3v) is 3.34.